The summed E-state index contributed by atoms with van der Waals surface area (Å²) >= 11 is 1.66. The van der Waals surface area contributed by atoms with Gasteiger partial charge in [0, 0.05) is 10.8 Å². The number of aliphatic hydroxyl groups is 1. The topological polar surface area (TPSA) is 95.9 Å². The second kappa shape index (κ2) is 9.40. The molecule has 7 nitrogen and oxygen atoms in total. The molecule has 3 saturated heterocycles. The summed E-state index contributed by atoms with van der Waals surface area (Å²) < 4.78 is 4.37. The lowest BCUT2D eigenvalue weighted by Crippen LogP contribution is -2.58. The predicted molar refractivity (Wildman–Crippen MR) is 128 cm³/mol. The number of hydrogen-bond acceptors (Lipinski definition) is 6. The number of ether oxygens (including phenoxy) is 1. The Morgan fingerprint density at radius 1 is 1.24 bits per heavy atom. The van der Waals surface area contributed by atoms with Crippen LogP contribution in [-0.2, 0) is 19.1 Å². The molecule has 2 unspecified atom stereocenters. The van der Waals surface area contributed by atoms with Crippen molar-refractivity contribution < 1.29 is 24.2 Å². The summed E-state index contributed by atoms with van der Waals surface area (Å²) in [7, 11) is 0. The van der Waals surface area contributed by atoms with E-state index in [9.17, 15) is 19.5 Å². The Bertz CT molecular complexity index is 785. The molecule has 186 valence electrons. The molecule has 2 bridgehead atoms. The predicted octanol–water partition coefficient (Wildman–Crippen LogP) is 2.89. The van der Waals surface area contributed by atoms with Gasteiger partial charge in [-0.3, -0.25) is 14.4 Å². The lowest BCUT2D eigenvalue weighted by Gasteiger charge is -2.38. The maximum Gasteiger partial charge on any atom is 0.311 e. The van der Waals surface area contributed by atoms with Crippen LogP contribution in [0.4, 0.5) is 0 Å². The van der Waals surface area contributed by atoms with Gasteiger partial charge in [0.05, 0.1) is 35.8 Å². The van der Waals surface area contributed by atoms with Crippen LogP contribution in [0.5, 0.6) is 0 Å². The third-order valence-electron chi connectivity index (χ3n) is 8.30. The first-order valence-corrected chi connectivity index (χ1v) is 13.6. The van der Waals surface area contributed by atoms with E-state index in [1.54, 1.807) is 23.6 Å². The van der Waals surface area contributed by atoms with Gasteiger partial charge in [0.2, 0.25) is 11.8 Å². The molecular weight excluding hydrogens is 440 g/mol. The first-order chi connectivity index (χ1) is 15.7. The first-order valence-electron chi connectivity index (χ1n) is 12.8. The van der Waals surface area contributed by atoms with Crippen LogP contribution >= 0.6 is 11.8 Å². The summed E-state index contributed by atoms with van der Waals surface area (Å²) in [6.07, 6.45) is 7.46. The average Bonchev–Trinajstić information content (AvgIpc) is 3.33. The van der Waals surface area contributed by atoms with E-state index in [4.69, 9.17) is 4.74 Å². The van der Waals surface area contributed by atoms with Gasteiger partial charge in [-0.15, -0.1) is 11.8 Å². The minimum absolute atomic E-state index is 0.110. The fourth-order valence-corrected chi connectivity index (χ4v) is 9.33. The van der Waals surface area contributed by atoms with E-state index in [0.29, 0.717) is 6.42 Å². The van der Waals surface area contributed by atoms with Crippen molar-refractivity contribution in [2.75, 3.05) is 13.2 Å². The highest BCUT2D eigenvalue weighted by Crippen LogP contribution is 2.71. The molecule has 6 atom stereocenters. The normalized spacial score (nSPS) is 36.8. The Labute approximate surface area is 201 Å². The summed E-state index contributed by atoms with van der Waals surface area (Å²) in [5.74, 6) is -1.48. The minimum Gasteiger partial charge on any atom is -0.466 e. The molecule has 2 amide bonds. The van der Waals surface area contributed by atoms with Crippen molar-refractivity contribution in [3.8, 4) is 0 Å². The lowest BCUT2D eigenvalue weighted by molar-refractivity contribution is -0.155. The highest BCUT2D eigenvalue weighted by Gasteiger charge is 2.78. The zero-order valence-electron chi connectivity index (χ0n) is 20.5. The summed E-state index contributed by atoms with van der Waals surface area (Å²) in [5.41, 5.74) is 0. The molecule has 33 heavy (non-hydrogen) atoms. The molecule has 2 N–H and O–H groups in total. The molecule has 3 aliphatic heterocycles. The molecule has 0 aromatic carbocycles. The number of fused-ring (bicyclic) bond motifs is 1. The van der Waals surface area contributed by atoms with Crippen molar-refractivity contribution >= 4 is 29.5 Å². The van der Waals surface area contributed by atoms with Gasteiger partial charge in [-0.2, -0.15) is 0 Å². The van der Waals surface area contributed by atoms with Gasteiger partial charge >= 0.3 is 5.97 Å². The number of esters is 1. The van der Waals surface area contributed by atoms with E-state index in [1.165, 1.54) is 6.42 Å². The Kier molecular flexibility index (Phi) is 7.08. The number of thioether (sulfide) groups is 1. The molecule has 0 aromatic heterocycles. The third-order valence-corrected chi connectivity index (χ3v) is 10.3. The molecule has 4 rings (SSSR count). The van der Waals surface area contributed by atoms with Gasteiger partial charge in [-0.1, -0.05) is 33.1 Å². The second-order valence-electron chi connectivity index (χ2n) is 11.0. The van der Waals surface area contributed by atoms with E-state index in [-0.39, 0.29) is 43.0 Å². The van der Waals surface area contributed by atoms with Crippen molar-refractivity contribution in [2.24, 2.45) is 17.8 Å². The minimum atomic E-state index is -0.668. The summed E-state index contributed by atoms with van der Waals surface area (Å²) in [4.78, 5) is 42.7. The highest BCUT2D eigenvalue weighted by atomic mass is 32.2. The first kappa shape index (κ1) is 24.8. The zero-order chi connectivity index (χ0) is 24.0. The Morgan fingerprint density at radius 3 is 2.55 bits per heavy atom. The number of likely N-dealkylation sites (tertiary alicyclic amines) is 1. The monoisotopic (exact) mass is 480 g/mol. The largest absolute Gasteiger partial charge is 0.466 e. The summed E-state index contributed by atoms with van der Waals surface area (Å²) in [5, 5.41) is 13.6. The van der Waals surface area contributed by atoms with Crippen LogP contribution in [0.3, 0.4) is 0 Å². The molecule has 3 heterocycles. The van der Waals surface area contributed by atoms with Crippen LogP contribution in [0, 0.1) is 17.8 Å². The van der Waals surface area contributed by atoms with Crippen molar-refractivity contribution in [3.05, 3.63) is 0 Å². The summed E-state index contributed by atoms with van der Waals surface area (Å²) in [6.45, 7) is 8.03. The Hall–Kier alpha value is -1.28. The molecule has 0 radical (unpaired) electrons. The van der Waals surface area contributed by atoms with Crippen molar-refractivity contribution in [2.45, 2.75) is 107 Å². The number of aliphatic hydroxyl groups excluding tert-OH is 1. The molecule has 1 saturated carbocycles. The van der Waals surface area contributed by atoms with Gasteiger partial charge in [-0.25, -0.2) is 0 Å². The molecule has 1 aliphatic carbocycles. The average molecular weight is 481 g/mol. The van der Waals surface area contributed by atoms with E-state index < -0.39 is 33.4 Å². The smallest absolute Gasteiger partial charge is 0.311 e. The standard InChI is InChI=1S/C25H40N2O5S/c1-5-32-23(31)19-18-22(30)27(17(14-28)13-15(2)3)20(25(18)12-11-24(19,4)33-25)21(29)26-16-9-7-6-8-10-16/h15-20,28H,5-14H2,1-4H3,(H,26,29)/t17-,18+,19-,20?,24+,25?/m1/s1. The van der Waals surface area contributed by atoms with Gasteiger partial charge in [0.25, 0.3) is 0 Å². The molecule has 8 heteroatoms. The van der Waals surface area contributed by atoms with Crippen molar-refractivity contribution in [1.82, 2.24) is 10.2 Å². The maximum atomic E-state index is 14.0. The SMILES string of the molecule is CCOC(=O)[C@H]1[C@H]2C(=O)N([C@@H](CO)CC(C)C)C(C(=O)NC3CCCCC3)C23CC[C@]1(C)S3. The van der Waals surface area contributed by atoms with Crippen LogP contribution in [0.1, 0.15) is 79.1 Å². The third kappa shape index (κ3) is 4.09. The molecular formula is C25H40N2O5S. The highest BCUT2D eigenvalue weighted by molar-refractivity contribution is 8.02. The summed E-state index contributed by atoms with van der Waals surface area (Å²) in [6, 6.07) is -0.967. The van der Waals surface area contributed by atoms with Gasteiger partial charge in [-0.05, 0) is 51.9 Å². The fraction of sp³-hybridized carbons (Fsp3) is 0.880. The van der Waals surface area contributed by atoms with E-state index in [0.717, 1.165) is 38.5 Å². The molecule has 0 aromatic rings. The van der Waals surface area contributed by atoms with Gasteiger partial charge in [0.15, 0.2) is 0 Å². The lowest BCUT2D eigenvalue weighted by atomic mass is 9.66. The number of nitrogens with one attached hydrogen (secondary N) is 1. The van der Waals surface area contributed by atoms with Gasteiger partial charge < -0.3 is 20.1 Å². The van der Waals surface area contributed by atoms with Crippen LogP contribution in [0.2, 0.25) is 0 Å². The van der Waals surface area contributed by atoms with E-state index in [2.05, 4.69) is 26.1 Å². The maximum absolute atomic E-state index is 14.0. The van der Waals surface area contributed by atoms with Gasteiger partial charge in [0.1, 0.15) is 6.04 Å². The van der Waals surface area contributed by atoms with E-state index in [1.807, 2.05) is 0 Å². The van der Waals surface area contributed by atoms with Crippen LogP contribution < -0.4 is 5.32 Å². The Morgan fingerprint density at radius 2 is 1.94 bits per heavy atom. The number of carbonyl (C=O) groups is 3. The number of rotatable bonds is 8. The number of nitrogens with zero attached hydrogens (tertiary/aromatic N) is 1. The van der Waals surface area contributed by atoms with Crippen LogP contribution in [0.15, 0.2) is 0 Å². The number of carbonyl (C=O) groups excluding carboxylic acids is 3. The van der Waals surface area contributed by atoms with Crippen LogP contribution in [-0.4, -0.2) is 68.6 Å². The number of hydrogen-bond donors (Lipinski definition) is 2. The number of amides is 2. The fourth-order valence-electron chi connectivity index (χ4n) is 6.99. The molecule has 4 aliphatic rings. The van der Waals surface area contributed by atoms with Crippen molar-refractivity contribution in [1.29, 1.82) is 0 Å². The second-order valence-corrected chi connectivity index (χ2v) is 12.9. The molecule has 1 spiro atoms. The van der Waals surface area contributed by atoms with Crippen molar-refractivity contribution in [3.63, 3.8) is 0 Å². The zero-order valence-corrected chi connectivity index (χ0v) is 21.3. The Balaban J connectivity index is 1.73. The van der Waals surface area contributed by atoms with E-state index >= 15 is 0 Å². The quantitative estimate of drug-likeness (QED) is 0.519. The van der Waals surface area contributed by atoms with Crippen LogP contribution in [0.25, 0.3) is 0 Å². The molecule has 4 fully saturated rings.